The van der Waals surface area contributed by atoms with Crippen molar-refractivity contribution in [2.24, 2.45) is 0 Å². The molecular formula is C24H22Cl2F4N4O4. The molecular weight excluding hydrogens is 555 g/mol. The minimum atomic E-state index is -5.19. The molecule has 38 heavy (non-hydrogen) atoms. The fourth-order valence-electron chi connectivity index (χ4n) is 4.71. The van der Waals surface area contributed by atoms with Crippen LogP contribution >= 0.6 is 23.2 Å². The summed E-state index contributed by atoms with van der Waals surface area (Å²) in [6, 6.07) is 6.05. The Labute approximate surface area is 223 Å². The van der Waals surface area contributed by atoms with Crippen LogP contribution in [0.15, 0.2) is 35.3 Å². The van der Waals surface area contributed by atoms with Crippen LogP contribution in [-0.4, -0.2) is 57.5 Å². The number of alkyl halides is 3. The number of fused-ring (bicyclic) bond motifs is 1. The molecule has 2 aromatic heterocycles. The highest BCUT2D eigenvalue weighted by molar-refractivity contribution is 6.42. The Morgan fingerprint density at radius 2 is 1.76 bits per heavy atom. The molecule has 8 nitrogen and oxygen atoms in total. The van der Waals surface area contributed by atoms with Gasteiger partial charge in [-0.2, -0.15) is 13.2 Å². The Morgan fingerprint density at radius 1 is 1.13 bits per heavy atom. The highest BCUT2D eigenvalue weighted by Gasteiger charge is 2.44. The topological polar surface area (TPSA) is 114 Å². The molecule has 1 amide bonds. The van der Waals surface area contributed by atoms with Crippen LogP contribution in [0.5, 0.6) is 0 Å². The average Bonchev–Trinajstić information content (AvgIpc) is 3.15. The van der Waals surface area contributed by atoms with Crippen LogP contribution in [0.4, 0.5) is 17.6 Å². The summed E-state index contributed by atoms with van der Waals surface area (Å²) in [5.41, 5.74) is 1.81. The number of nitrogens with one attached hydrogen (secondary N) is 1. The summed E-state index contributed by atoms with van der Waals surface area (Å²) in [6.07, 6.45) is -0.207. The van der Waals surface area contributed by atoms with Gasteiger partial charge < -0.3 is 25.1 Å². The Kier molecular flexibility index (Phi) is 7.78. The molecule has 4 heterocycles. The number of H-pyrrole nitrogens is 1. The summed E-state index contributed by atoms with van der Waals surface area (Å²) in [6.45, 7) is 2.45. The molecule has 0 atom stereocenters. The molecule has 0 saturated carbocycles. The lowest BCUT2D eigenvalue weighted by molar-refractivity contribution is -0.786. The summed E-state index contributed by atoms with van der Waals surface area (Å²) >= 11 is 12.4. The molecule has 0 aliphatic carbocycles. The molecule has 3 N–H and O–H groups in total. The largest absolute Gasteiger partial charge is 0.542 e. The number of carboxylic acids is 1. The third-order valence-corrected chi connectivity index (χ3v) is 7.69. The number of piperidine rings is 1. The molecule has 0 unspecified atom stereocenters. The van der Waals surface area contributed by atoms with E-state index in [1.807, 2.05) is 0 Å². The number of benzene rings is 1. The van der Waals surface area contributed by atoms with Gasteiger partial charge in [0.15, 0.2) is 0 Å². The minimum Gasteiger partial charge on any atom is -0.542 e. The molecule has 2 aliphatic heterocycles. The first-order valence-corrected chi connectivity index (χ1v) is 12.3. The molecule has 2 aliphatic rings. The number of carbonyl (C=O) groups is 2. The number of nitrogens with zero attached hydrogens (tertiary/aromatic N) is 2. The van der Waals surface area contributed by atoms with Gasteiger partial charge in [0.2, 0.25) is 0 Å². The fourth-order valence-corrected chi connectivity index (χ4v) is 5.15. The highest BCUT2D eigenvalue weighted by atomic mass is 35.5. The van der Waals surface area contributed by atoms with Crippen LogP contribution in [0, 0.1) is 5.82 Å². The molecule has 14 heteroatoms. The lowest BCUT2D eigenvalue weighted by atomic mass is 9.79. The predicted molar refractivity (Wildman–Crippen MR) is 128 cm³/mol. The van der Waals surface area contributed by atoms with Crippen LogP contribution in [0.3, 0.4) is 0 Å². The number of nitrogens with two attached hydrogens (primary N) is 1. The molecule has 0 radical (unpaired) electrons. The summed E-state index contributed by atoms with van der Waals surface area (Å²) in [5.74, 6) is -3.81. The second kappa shape index (κ2) is 10.6. The second-order valence-electron chi connectivity index (χ2n) is 9.29. The van der Waals surface area contributed by atoms with Gasteiger partial charge in [0, 0.05) is 44.2 Å². The first-order chi connectivity index (χ1) is 17.8. The molecule has 1 spiro atoms. The van der Waals surface area contributed by atoms with E-state index in [1.54, 1.807) is 27.6 Å². The molecule has 1 aromatic carbocycles. The van der Waals surface area contributed by atoms with E-state index in [1.165, 1.54) is 18.6 Å². The quantitative estimate of drug-likeness (QED) is 0.463. The number of carbonyl (C=O) groups excluding carboxylic acids is 2. The van der Waals surface area contributed by atoms with Gasteiger partial charge in [-0.3, -0.25) is 14.0 Å². The molecule has 2 saturated heterocycles. The summed E-state index contributed by atoms with van der Waals surface area (Å²) in [4.78, 5) is 38.3. The zero-order valence-corrected chi connectivity index (χ0v) is 21.2. The van der Waals surface area contributed by atoms with Crippen LogP contribution in [0.25, 0.3) is 5.52 Å². The number of likely N-dealkylation sites (tertiary alicyclic amines) is 1. The normalized spacial score (nSPS) is 16.6. The maximum Gasteiger partial charge on any atom is 0.430 e. The minimum absolute atomic E-state index is 0.0725. The van der Waals surface area contributed by atoms with Gasteiger partial charge in [-0.1, -0.05) is 29.3 Å². The van der Waals surface area contributed by atoms with Gasteiger partial charge in [0.1, 0.15) is 28.0 Å². The van der Waals surface area contributed by atoms with Crippen molar-refractivity contribution in [3.8, 4) is 0 Å². The van der Waals surface area contributed by atoms with Crippen LogP contribution < -0.4 is 16.0 Å². The number of amides is 1. The SMILES string of the molecule is O=C([O-])C(F)(F)F.O=C(c1cc(Cc2c[nH]c(=O)c3cc(Cl)c(Cl)n23)ccc1F)N1CCC2(CC[NH2+]2)CC1. The van der Waals surface area contributed by atoms with E-state index < -0.39 is 18.0 Å². The van der Waals surface area contributed by atoms with Crippen LogP contribution in [-0.2, 0) is 11.2 Å². The molecule has 204 valence electrons. The van der Waals surface area contributed by atoms with Crippen molar-refractivity contribution in [2.75, 3.05) is 19.6 Å². The van der Waals surface area contributed by atoms with Gasteiger partial charge >= 0.3 is 6.18 Å². The zero-order chi connectivity index (χ0) is 27.8. The third-order valence-electron chi connectivity index (χ3n) is 6.93. The van der Waals surface area contributed by atoms with Crippen molar-refractivity contribution in [1.82, 2.24) is 14.3 Å². The van der Waals surface area contributed by atoms with E-state index in [2.05, 4.69) is 10.3 Å². The van der Waals surface area contributed by atoms with Gasteiger partial charge in [-0.05, 0) is 23.8 Å². The lowest BCUT2D eigenvalue weighted by Gasteiger charge is -2.45. The average molecular weight is 577 g/mol. The maximum atomic E-state index is 14.6. The van der Waals surface area contributed by atoms with Gasteiger partial charge in [0.05, 0.1) is 23.6 Å². The van der Waals surface area contributed by atoms with E-state index in [-0.39, 0.29) is 27.2 Å². The number of halogens is 6. The van der Waals surface area contributed by atoms with Crippen molar-refractivity contribution < 1.29 is 37.6 Å². The number of aliphatic carboxylic acids is 1. The summed E-state index contributed by atoms with van der Waals surface area (Å²) in [5, 5.41) is 11.7. The first-order valence-electron chi connectivity index (χ1n) is 11.6. The molecule has 3 aromatic rings. The molecule has 2 fully saturated rings. The zero-order valence-electron chi connectivity index (χ0n) is 19.7. The Bertz CT molecular complexity index is 1440. The van der Waals surface area contributed by atoms with Crippen molar-refractivity contribution in [3.63, 3.8) is 0 Å². The second-order valence-corrected chi connectivity index (χ2v) is 10.1. The van der Waals surface area contributed by atoms with E-state index in [9.17, 15) is 27.2 Å². The van der Waals surface area contributed by atoms with Crippen molar-refractivity contribution >= 4 is 40.6 Å². The number of aromatic amines is 1. The van der Waals surface area contributed by atoms with Gasteiger partial charge in [-0.15, -0.1) is 0 Å². The first kappa shape index (κ1) is 27.9. The van der Waals surface area contributed by atoms with Crippen LogP contribution in [0.1, 0.15) is 40.9 Å². The summed E-state index contributed by atoms with van der Waals surface area (Å²) in [7, 11) is 0. The standard InChI is InChI=1S/C22H21Cl2FN4O2.C2HF3O2/c23-16-11-18-20(30)26-12-14(29(18)19(16)24)9-13-1-2-17(25)15(10-13)21(31)28-7-4-22(5-8-28)3-6-27-22;3-2(4,5)1(6)7/h1-2,10-12,27H,3-9H2,(H,26,30);(H,6,7). The van der Waals surface area contributed by atoms with E-state index >= 15 is 0 Å². The fraction of sp³-hybridized carbons (Fsp3) is 0.375. The Balaban J connectivity index is 0.000000426. The number of rotatable bonds is 3. The van der Waals surface area contributed by atoms with Gasteiger partial charge in [-0.25, -0.2) is 4.39 Å². The number of hydrogen-bond donors (Lipinski definition) is 2. The number of quaternary nitrogens is 1. The number of hydrogen-bond acceptors (Lipinski definition) is 4. The lowest BCUT2D eigenvalue weighted by Crippen LogP contribution is -3.06. The van der Waals surface area contributed by atoms with Crippen molar-refractivity contribution in [1.29, 1.82) is 0 Å². The smallest absolute Gasteiger partial charge is 0.430 e. The van der Waals surface area contributed by atoms with E-state index in [4.69, 9.17) is 33.1 Å². The number of carboxylic acid groups (broad SMARTS) is 1. The monoisotopic (exact) mass is 576 g/mol. The predicted octanol–water partition coefficient (Wildman–Crippen LogP) is 1.90. The van der Waals surface area contributed by atoms with Crippen molar-refractivity contribution in [2.45, 2.75) is 37.4 Å². The van der Waals surface area contributed by atoms with Crippen LogP contribution in [0.2, 0.25) is 10.2 Å². The maximum absolute atomic E-state index is 14.6. The highest BCUT2D eigenvalue weighted by Crippen LogP contribution is 2.28. The molecule has 0 bridgehead atoms. The van der Waals surface area contributed by atoms with E-state index in [0.29, 0.717) is 36.3 Å². The number of aromatic nitrogens is 2. The third kappa shape index (κ3) is 5.67. The Morgan fingerprint density at radius 3 is 2.32 bits per heavy atom. The van der Waals surface area contributed by atoms with Gasteiger partial charge in [0.25, 0.3) is 11.5 Å². The summed E-state index contributed by atoms with van der Waals surface area (Å²) < 4.78 is 47.7. The Hall–Kier alpha value is -3.09. The molecule has 5 rings (SSSR count). The van der Waals surface area contributed by atoms with Crippen molar-refractivity contribution in [3.05, 3.63) is 73.6 Å². The van der Waals surface area contributed by atoms with E-state index in [0.717, 1.165) is 24.9 Å².